The number of nitrogens with one attached hydrogen (secondary N) is 1. The molecule has 1 aromatic heterocycles. The lowest BCUT2D eigenvalue weighted by Gasteiger charge is -2.32. The van der Waals surface area contributed by atoms with Crippen molar-refractivity contribution in [3.63, 3.8) is 0 Å². The summed E-state index contributed by atoms with van der Waals surface area (Å²) in [4.78, 5) is 54.1. The highest BCUT2D eigenvalue weighted by atomic mass is 16.4. The van der Waals surface area contributed by atoms with Gasteiger partial charge >= 0.3 is 17.9 Å². The zero-order chi connectivity index (χ0) is 42.2. The van der Waals surface area contributed by atoms with Crippen molar-refractivity contribution in [3.8, 4) is 22.5 Å². The molecule has 308 valence electrons. The molecular formula is C36H57N13O7. The molecule has 20 heteroatoms. The molecule has 0 fully saturated rings. The van der Waals surface area contributed by atoms with Gasteiger partial charge in [-0.05, 0) is 59.9 Å². The molecule has 20 nitrogen and oxygen atoms in total. The fraction of sp³-hybridized carbons (Fsp3) is 0.472. The minimum absolute atomic E-state index is 0.0129. The molecule has 0 aliphatic rings. The van der Waals surface area contributed by atoms with Gasteiger partial charge in [-0.25, -0.2) is 4.79 Å². The third kappa shape index (κ3) is 18.3. The number of aliphatic imine (C=N–C) groups is 2. The molecule has 0 spiro atoms. The maximum Gasteiger partial charge on any atom is 0.326 e. The predicted octanol–water partition coefficient (Wildman–Crippen LogP) is 1.07. The van der Waals surface area contributed by atoms with Crippen LogP contribution in [0.4, 0.5) is 0 Å². The quantitative estimate of drug-likeness (QED) is 0.0435. The summed E-state index contributed by atoms with van der Waals surface area (Å²) in [6.45, 7) is 6.77. The van der Waals surface area contributed by atoms with Crippen LogP contribution >= 0.6 is 0 Å². The summed E-state index contributed by atoms with van der Waals surface area (Å²) >= 11 is 0. The highest BCUT2D eigenvalue weighted by molar-refractivity contribution is 5.84. The number of hydrogen-bond donors (Lipinski definition) is 10. The maximum absolute atomic E-state index is 12.9. The average molecular weight is 784 g/mol. The van der Waals surface area contributed by atoms with Crippen LogP contribution in [0.3, 0.4) is 0 Å². The predicted molar refractivity (Wildman–Crippen MR) is 212 cm³/mol. The van der Waals surface area contributed by atoms with Crippen molar-refractivity contribution in [2.24, 2.45) is 50.3 Å². The summed E-state index contributed by atoms with van der Waals surface area (Å²) in [7, 11) is 0. The molecule has 1 amide bonds. The Bertz CT molecular complexity index is 1650. The summed E-state index contributed by atoms with van der Waals surface area (Å²) < 4.78 is 0. The number of carbonyl (C=O) groups excluding carboxylic acids is 1. The van der Waals surface area contributed by atoms with Crippen LogP contribution in [-0.4, -0.2) is 108 Å². The van der Waals surface area contributed by atoms with E-state index in [0.29, 0.717) is 51.0 Å². The zero-order valence-electron chi connectivity index (χ0n) is 32.1. The molecule has 0 aliphatic heterocycles. The van der Waals surface area contributed by atoms with Crippen molar-refractivity contribution < 1.29 is 34.5 Å². The Kier molecular flexibility index (Phi) is 22.0. The number of hydrogen-bond acceptors (Lipinski definition) is 11. The van der Waals surface area contributed by atoms with Crippen LogP contribution in [0.25, 0.3) is 22.5 Å². The third-order valence-corrected chi connectivity index (χ3v) is 7.99. The van der Waals surface area contributed by atoms with Crippen molar-refractivity contribution in [1.29, 1.82) is 0 Å². The number of unbranched alkanes of at least 4 members (excludes halogenated alkanes) is 1. The molecule has 0 bridgehead atoms. The number of carbonyl (C=O) groups is 4. The molecule has 0 saturated carbocycles. The van der Waals surface area contributed by atoms with Crippen molar-refractivity contribution in [1.82, 2.24) is 25.5 Å². The number of rotatable bonds is 20. The Labute approximate surface area is 325 Å². The molecule has 3 aromatic rings. The van der Waals surface area contributed by atoms with E-state index in [1.54, 1.807) is 0 Å². The van der Waals surface area contributed by atoms with Crippen molar-refractivity contribution in [3.05, 3.63) is 54.1 Å². The minimum Gasteiger partial charge on any atom is -0.480 e. The molecule has 3 atom stereocenters. The first-order valence-corrected chi connectivity index (χ1v) is 18.0. The number of benzene rings is 2. The zero-order valence-corrected chi connectivity index (χ0v) is 32.1. The second kappa shape index (κ2) is 25.8. The molecule has 2 aromatic carbocycles. The largest absolute Gasteiger partial charge is 0.480 e. The van der Waals surface area contributed by atoms with E-state index in [9.17, 15) is 24.3 Å². The Morgan fingerprint density at radius 3 is 1.70 bits per heavy atom. The number of nitrogens with two attached hydrogens (primary N) is 6. The molecule has 16 N–H and O–H groups in total. The highest BCUT2D eigenvalue weighted by Gasteiger charge is 2.32. The number of aromatic nitrogens is 4. The smallest absolute Gasteiger partial charge is 0.326 e. The summed E-state index contributed by atoms with van der Waals surface area (Å²) in [6, 6.07) is 13.1. The molecule has 0 radical (unpaired) electrons. The number of aliphatic carboxylic acids is 3. The van der Waals surface area contributed by atoms with E-state index in [4.69, 9.17) is 44.6 Å². The summed E-state index contributed by atoms with van der Waals surface area (Å²) in [5.41, 5.74) is 34.3. The first-order chi connectivity index (χ1) is 26.5. The van der Waals surface area contributed by atoms with Crippen molar-refractivity contribution in [2.75, 3.05) is 13.1 Å². The molecule has 0 aliphatic carbocycles. The lowest BCUT2D eigenvalue weighted by atomic mass is 9.97. The molecular weight excluding hydrogens is 726 g/mol. The second-order valence-corrected chi connectivity index (χ2v) is 12.9. The molecule has 56 heavy (non-hydrogen) atoms. The first kappa shape index (κ1) is 47.9. The molecule has 3 rings (SSSR count). The first-order valence-electron chi connectivity index (χ1n) is 18.0. The second-order valence-electron chi connectivity index (χ2n) is 12.9. The topological polar surface area (TPSA) is 368 Å². The van der Waals surface area contributed by atoms with Crippen LogP contribution in [-0.2, 0) is 25.7 Å². The van der Waals surface area contributed by atoms with E-state index in [2.05, 4.69) is 30.6 Å². The van der Waals surface area contributed by atoms with Gasteiger partial charge in [0.1, 0.15) is 18.1 Å². The molecule has 1 heterocycles. The van der Waals surface area contributed by atoms with Crippen molar-refractivity contribution in [2.45, 2.75) is 90.4 Å². The van der Waals surface area contributed by atoms with Crippen LogP contribution in [0.5, 0.6) is 0 Å². The van der Waals surface area contributed by atoms with E-state index in [0.717, 1.165) is 35.1 Å². The van der Waals surface area contributed by atoms with Gasteiger partial charge in [-0.2, -0.15) is 5.21 Å². The fourth-order valence-corrected chi connectivity index (χ4v) is 5.07. The van der Waals surface area contributed by atoms with Gasteiger partial charge in [-0.1, -0.05) is 75.7 Å². The lowest BCUT2D eigenvalue weighted by molar-refractivity contribution is -0.153. The standard InChI is InChI=1S/C24H29N5O3.2C6H14N4O2/c1-4-5-10-21(30)29(22(16(2)3)24(31)32)15-17-11-13-18(14-12-17)19-8-6-7-9-20(19)23-25-27-28-26-23;2*7-4(5(11)12)2-1-3-10-6(8)9/h6-9,11-14,16,22H,4-5,10,15H2,1-3H3,(H,31,32)(H,25,26,27,28);2*4H,1-3,7H2,(H,11,12)(H4,8,9,10)/t22-;2*4-/m000/s1. The van der Waals surface area contributed by atoms with E-state index in [1.165, 1.54) is 4.90 Å². The van der Waals surface area contributed by atoms with Crippen LogP contribution < -0.4 is 34.4 Å². The Balaban J connectivity index is 0.000000537. The minimum atomic E-state index is -1.00. The normalized spacial score (nSPS) is 12.0. The summed E-state index contributed by atoms with van der Waals surface area (Å²) in [5.74, 6) is -2.76. The van der Waals surface area contributed by atoms with Crippen LogP contribution in [0, 0.1) is 5.92 Å². The number of guanidine groups is 2. The fourth-order valence-electron chi connectivity index (χ4n) is 5.07. The van der Waals surface area contributed by atoms with Gasteiger partial charge in [0.15, 0.2) is 11.9 Å². The summed E-state index contributed by atoms with van der Waals surface area (Å²) in [5, 5.41) is 40.8. The number of amides is 1. The monoisotopic (exact) mass is 783 g/mol. The van der Waals surface area contributed by atoms with Gasteiger partial charge in [0, 0.05) is 31.6 Å². The van der Waals surface area contributed by atoms with E-state index in [-0.39, 0.29) is 30.3 Å². The highest BCUT2D eigenvalue weighted by Crippen LogP contribution is 2.30. The number of nitrogens with zero attached hydrogens (tertiary/aromatic N) is 6. The number of carboxylic acid groups (broad SMARTS) is 3. The lowest BCUT2D eigenvalue weighted by Crippen LogP contribution is -2.47. The van der Waals surface area contributed by atoms with Gasteiger partial charge in [-0.15, -0.1) is 10.2 Å². The maximum atomic E-state index is 12.9. The molecule has 0 unspecified atom stereocenters. The van der Waals surface area contributed by atoms with Gasteiger partial charge in [0.05, 0.1) is 0 Å². The van der Waals surface area contributed by atoms with Gasteiger partial charge in [0.25, 0.3) is 0 Å². The van der Waals surface area contributed by atoms with Gasteiger partial charge in [0.2, 0.25) is 11.7 Å². The SMILES string of the molecule is CCCCC(=O)N(Cc1ccc(-c2ccccc2-c2nn[nH]n2)cc1)[C@H](C(=O)O)C(C)C.NC(N)=NCCC[C@H](N)C(=O)O.NC(N)=NCCC[C@H](N)C(=O)O. The van der Waals surface area contributed by atoms with E-state index >= 15 is 0 Å². The van der Waals surface area contributed by atoms with E-state index in [1.807, 2.05) is 69.3 Å². The number of carboxylic acids is 3. The van der Waals surface area contributed by atoms with Crippen LogP contribution in [0.15, 0.2) is 58.5 Å². The third-order valence-electron chi connectivity index (χ3n) is 7.99. The van der Waals surface area contributed by atoms with Crippen LogP contribution in [0.1, 0.15) is 71.3 Å². The number of tetrazole rings is 1. The Hall–Kier alpha value is -6.15. The van der Waals surface area contributed by atoms with E-state index < -0.39 is 36.0 Å². The molecule has 0 saturated heterocycles. The van der Waals surface area contributed by atoms with Crippen LogP contribution in [0.2, 0.25) is 0 Å². The van der Waals surface area contributed by atoms with Gasteiger partial charge in [-0.3, -0.25) is 24.4 Å². The Morgan fingerprint density at radius 1 is 0.768 bits per heavy atom. The van der Waals surface area contributed by atoms with Crippen molar-refractivity contribution >= 4 is 35.7 Å². The Morgan fingerprint density at radius 2 is 1.29 bits per heavy atom. The number of H-pyrrole nitrogens is 1. The summed E-state index contributed by atoms with van der Waals surface area (Å²) in [6.07, 6.45) is 3.89. The van der Waals surface area contributed by atoms with Gasteiger partial charge < -0.3 is 54.6 Å². The average Bonchev–Trinajstić information content (AvgIpc) is 3.69. The number of aromatic amines is 1.